The van der Waals surface area contributed by atoms with Gasteiger partial charge in [-0.25, -0.2) is 9.78 Å². The van der Waals surface area contributed by atoms with Crippen molar-refractivity contribution in [2.45, 2.75) is 19.4 Å². The number of esters is 1. The van der Waals surface area contributed by atoms with E-state index >= 15 is 0 Å². The van der Waals surface area contributed by atoms with Gasteiger partial charge >= 0.3 is 5.97 Å². The molecule has 0 saturated carbocycles. The van der Waals surface area contributed by atoms with E-state index in [9.17, 15) is 9.59 Å². The lowest BCUT2D eigenvalue weighted by molar-refractivity contribution is -0.124. The first-order chi connectivity index (χ1) is 15.5. The Balaban J connectivity index is 1.56. The molecule has 4 aromatic rings. The summed E-state index contributed by atoms with van der Waals surface area (Å²) in [6.07, 6.45) is -0.732. The number of anilines is 1. The van der Waals surface area contributed by atoms with Gasteiger partial charge in [0.05, 0.1) is 27.3 Å². The van der Waals surface area contributed by atoms with Gasteiger partial charge in [-0.15, -0.1) is 0 Å². The molecule has 0 saturated heterocycles. The molecule has 2 N–H and O–H groups in total. The molecule has 0 aliphatic carbocycles. The van der Waals surface area contributed by atoms with Gasteiger partial charge in [0, 0.05) is 10.6 Å². The highest BCUT2D eigenvalue weighted by Crippen LogP contribution is 2.27. The number of H-pyrrole nitrogens is 1. The summed E-state index contributed by atoms with van der Waals surface area (Å²) in [4.78, 5) is 33.5. The van der Waals surface area contributed by atoms with E-state index in [0.717, 1.165) is 11.0 Å². The number of carbonyl (C=O) groups is 2. The summed E-state index contributed by atoms with van der Waals surface area (Å²) in [5, 5.41) is 3.43. The van der Waals surface area contributed by atoms with E-state index in [2.05, 4.69) is 15.3 Å². The fraction of sp³-hybridized carbons (Fsp3) is 0.125. The highest BCUT2D eigenvalue weighted by molar-refractivity contribution is 6.35. The maximum absolute atomic E-state index is 13.0. The Morgan fingerprint density at radius 3 is 2.59 bits per heavy atom. The average molecular weight is 468 g/mol. The SMILES string of the molecule is CCC(OC(=O)c1ccccc1-c1nc2ccccc2[nH]1)C(=O)Nc1cc(Cl)ccc1Cl. The quantitative estimate of drug-likeness (QED) is 0.335. The van der Waals surface area contributed by atoms with Crippen molar-refractivity contribution < 1.29 is 14.3 Å². The number of ether oxygens (including phenoxy) is 1. The predicted molar refractivity (Wildman–Crippen MR) is 126 cm³/mol. The van der Waals surface area contributed by atoms with Crippen LogP contribution in [0.15, 0.2) is 66.7 Å². The smallest absolute Gasteiger partial charge is 0.339 e. The number of aromatic amines is 1. The molecule has 162 valence electrons. The standard InChI is InChI=1S/C24H19Cl2N3O3/c1-2-21(23(30)29-20-13-14(25)11-12-17(20)26)32-24(31)16-8-4-3-7-15(16)22-27-18-9-5-6-10-19(18)28-22/h3-13,21H,2H2,1H3,(H,27,28)(H,29,30). The summed E-state index contributed by atoms with van der Waals surface area (Å²) in [5.41, 5.74) is 2.88. The Bertz CT molecular complexity index is 1270. The van der Waals surface area contributed by atoms with Gasteiger partial charge in [0.25, 0.3) is 5.91 Å². The Kier molecular flexibility index (Phi) is 6.44. The van der Waals surface area contributed by atoms with Crippen molar-refractivity contribution in [1.29, 1.82) is 0 Å². The van der Waals surface area contributed by atoms with Gasteiger partial charge in [0.15, 0.2) is 6.10 Å². The first-order valence-electron chi connectivity index (χ1n) is 9.97. The molecule has 3 aromatic carbocycles. The minimum atomic E-state index is -1.01. The van der Waals surface area contributed by atoms with E-state index in [1.165, 1.54) is 6.07 Å². The Labute approximate surface area is 194 Å². The molecule has 1 aromatic heterocycles. The number of nitrogens with zero attached hydrogens (tertiary/aromatic N) is 1. The minimum Gasteiger partial charge on any atom is -0.449 e. The molecule has 32 heavy (non-hydrogen) atoms. The van der Waals surface area contributed by atoms with Crippen molar-refractivity contribution in [3.63, 3.8) is 0 Å². The van der Waals surface area contributed by atoms with Crippen molar-refractivity contribution in [2.75, 3.05) is 5.32 Å². The van der Waals surface area contributed by atoms with Crippen LogP contribution in [0, 0.1) is 0 Å². The number of hydrogen-bond acceptors (Lipinski definition) is 4. The third kappa shape index (κ3) is 4.61. The molecule has 0 aliphatic heterocycles. The normalized spacial score (nSPS) is 11.8. The lowest BCUT2D eigenvalue weighted by Gasteiger charge is -2.17. The second-order valence-electron chi connectivity index (χ2n) is 7.06. The summed E-state index contributed by atoms with van der Waals surface area (Å²) >= 11 is 12.1. The van der Waals surface area contributed by atoms with Crippen molar-refractivity contribution in [1.82, 2.24) is 9.97 Å². The molecule has 0 bridgehead atoms. The van der Waals surface area contributed by atoms with Crippen LogP contribution in [0.25, 0.3) is 22.4 Å². The van der Waals surface area contributed by atoms with Crippen LogP contribution in [0.3, 0.4) is 0 Å². The lowest BCUT2D eigenvalue weighted by atomic mass is 10.1. The van der Waals surface area contributed by atoms with E-state index < -0.39 is 18.0 Å². The number of amides is 1. The van der Waals surface area contributed by atoms with Gasteiger partial charge in [-0.3, -0.25) is 4.79 Å². The van der Waals surface area contributed by atoms with Gasteiger partial charge in [-0.1, -0.05) is 60.5 Å². The van der Waals surface area contributed by atoms with Crippen LogP contribution >= 0.6 is 23.2 Å². The largest absolute Gasteiger partial charge is 0.449 e. The van der Waals surface area contributed by atoms with E-state index in [4.69, 9.17) is 27.9 Å². The van der Waals surface area contributed by atoms with Crippen LogP contribution in [0.2, 0.25) is 10.0 Å². The first-order valence-corrected chi connectivity index (χ1v) is 10.7. The van der Waals surface area contributed by atoms with Gasteiger partial charge in [-0.2, -0.15) is 0 Å². The van der Waals surface area contributed by atoms with Crippen LogP contribution in [-0.4, -0.2) is 27.9 Å². The molecule has 6 nitrogen and oxygen atoms in total. The fourth-order valence-electron chi connectivity index (χ4n) is 3.27. The third-order valence-corrected chi connectivity index (χ3v) is 5.45. The number of rotatable bonds is 6. The molecular formula is C24H19Cl2N3O3. The summed E-state index contributed by atoms with van der Waals surface area (Å²) in [7, 11) is 0. The number of imidazole rings is 1. The van der Waals surface area contributed by atoms with E-state index in [1.807, 2.05) is 30.3 Å². The summed E-state index contributed by atoms with van der Waals surface area (Å²) in [5.74, 6) is -0.576. The van der Waals surface area contributed by atoms with E-state index in [1.54, 1.807) is 37.3 Å². The summed E-state index contributed by atoms with van der Waals surface area (Å²) < 4.78 is 5.56. The van der Waals surface area contributed by atoms with Gasteiger partial charge in [-0.05, 0) is 42.8 Å². The summed E-state index contributed by atoms with van der Waals surface area (Å²) in [6, 6.07) is 19.3. The molecule has 0 fully saturated rings. The maximum Gasteiger partial charge on any atom is 0.339 e. The maximum atomic E-state index is 13.0. The third-order valence-electron chi connectivity index (χ3n) is 4.89. The van der Waals surface area contributed by atoms with Crippen molar-refractivity contribution >= 4 is 51.8 Å². The van der Waals surface area contributed by atoms with Gasteiger partial charge in [0.2, 0.25) is 0 Å². The van der Waals surface area contributed by atoms with Crippen LogP contribution in [0.4, 0.5) is 5.69 Å². The molecule has 1 unspecified atom stereocenters. The van der Waals surface area contributed by atoms with Crippen LogP contribution in [-0.2, 0) is 9.53 Å². The number of nitrogens with one attached hydrogen (secondary N) is 2. The topological polar surface area (TPSA) is 84.1 Å². The van der Waals surface area contributed by atoms with Crippen LogP contribution < -0.4 is 5.32 Å². The Morgan fingerprint density at radius 1 is 1.06 bits per heavy atom. The van der Waals surface area contributed by atoms with Gasteiger partial charge in [0.1, 0.15) is 5.82 Å². The number of fused-ring (bicyclic) bond motifs is 1. The number of para-hydroxylation sites is 2. The number of aromatic nitrogens is 2. The van der Waals surface area contributed by atoms with Crippen LogP contribution in [0.1, 0.15) is 23.7 Å². The van der Waals surface area contributed by atoms with Crippen molar-refractivity contribution in [2.24, 2.45) is 0 Å². The number of benzene rings is 3. The molecule has 8 heteroatoms. The molecule has 1 heterocycles. The zero-order valence-electron chi connectivity index (χ0n) is 17.1. The van der Waals surface area contributed by atoms with Gasteiger partial charge < -0.3 is 15.0 Å². The zero-order chi connectivity index (χ0) is 22.7. The molecule has 0 spiro atoms. The van der Waals surface area contributed by atoms with Crippen molar-refractivity contribution in [3.05, 3.63) is 82.3 Å². The molecule has 0 aliphatic rings. The average Bonchev–Trinajstić information content (AvgIpc) is 3.24. The highest BCUT2D eigenvalue weighted by atomic mass is 35.5. The van der Waals surface area contributed by atoms with E-state index in [-0.39, 0.29) is 6.42 Å². The second-order valence-corrected chi connectivity index (χ2v) is 7.91. The number of halogens is 2. The summed E-state index contributed by atoms with van der Waals surface area (Å²) in [6.45, 7) is 1.75. The lowest BCUT2D eigenvalue weighted by Crippen LogP contribution is -2.32. The first kappa shape index (κ1) is 21.9. The van der Waals surface area contributed by atoms with E-state index in [0.29, 0.717) is 32.7 Å². The number of hydrogen-bond donors (Lipinski definition) is 2. The zero-order valence-corrected chi connectivity index (χ0v) is 18.6. The Morgan fingerprint density at radius 2 is 1.81 bits per heavy atom. The molecular weight excluding hydrogens is 449 g/mol. The van der Waals surface area contributed by atoms with Crippen molar-refractivity contribution in [3.8, 4) is 11.4 Å². The minimum absolute atomic E-state index is 0.280. The molecule has 0 radical (unpaired) electrons. The number of carbonyl (C=O) groups excluding carboxylic acids is 2. The Hall–Kier alpha value is -3.35. The fourth-order valence-corrected chi connectivity index (χ4v) is 3.61. The second kappa shape index (κ2) is 9.42. The molecule has 1 amide bonds. The molecule has 1 atom stereocenters. The van der Waals surface area contributed by atoms with Crippen LogP contribution in [0.5, 0.6) is 0 Å². The monoisotopic (exact) mass is 467 g/mol. The predicted octanol–water partition coefficient (Wildman–Crippen LogP) is 6.11. The highest BCUT2D eigenvalue weighted by Gasteiger charge is 2.25. The molecule has 4 rings (SSSR count).